The Kier molecular flexibility index (Phi) is 3.84. The summed E-state index contributed by atoms with van der Waals surface area (Å²) in [7, 11) is 0. The number of ether oxygens (including phenoxy) is 2. The van der Waals surface area contributed by atoms with Gasteiger partial charge in [0.25, 0.3) is 0 Å². The SMILES string of the molecule is FC(F)(F)Oc1ccc(Nc2cc3c(nn2)CCOC3)cc1. The number of halogens is 3. The molecule has 1 aromatic heterocycles. The van der Waals surface area contributed by atoms with Gasteiger partial charge in [0, 0.05) is 17.7 Å². The Morgan fingerprint density at radius 3 is 2.64 bits per heavy atom. The van der Waals surface area contributed by atoms with Gasteiger partial charge in [-0.05, 0) is 30.3 Å². The first kappa shape index (κ1) is 14.6. The van der Waals surface area contributed by atoms with Crippen LogP contribution in [0.1, 0.15) is 11.3 Å². The highest BCUT2D eigenvalue weighted by Crippen LogP contribution is 2.25. The third kappa shape index (κ3) is 3.64. The summed E-state index contributed by atoms with van der Waals surface area (Å²) in [5.41, 5.74) is 2.45. The number of benzene rings is 1. The third-order valence-electron chi connectivity index (χ3n) is 3.06. The number of alkyl halides is 3. The van der Waals surface area contributed by atoms with Gasteiger partial charge in [0.05, 0.1) is 18.9 Å². The van der Waals surface area contributed by atoms with Gasteiger partial charge in [-0.2, -0.15) is 5.10 Å². The molecule has 22 heavy (non-hydrogen) atoms. The van der Waals surface area contributed by atoms with Crippen molar-refractivity contribution in [2.45, 2.75) is 19.4 Å². The van der Waals surface area contributed by atoms with Crippen molar-refractivity contribution in [1.82, 2.24) is 10.2 Å². The van der Waals surface area contributed by atoms with E-state index < -0.39 is 6.36 Å². The number of rotatable bonds is 3. The topological polar surface area (TPSA) is 56.3 Å². The molecular formula is C14H12F3N3O2. The molecule has 1 aliphatic rings. The van der Waals surface area contributed by atoms with E-state index in [9.17, 15) is 13.2 Å². The molecule has 0 saturated carbocycles. The Labute approximate surface area is 124 Å². The van der Waals surface area contributed by atoms with Gasteiger partial charge >= 0.3 is 6.36 Å². The Bertz CT molecular complexity index is 659. The molecule has 0 amide bonds. The highest BCUT2D eigenvalue weighted by Gasteiger charge is 2.30. The van der Waals surface area contributed by atoms with Gasteiger partial charge in [-0.15, -0.1) is 18.3 Å². The minimum absolute atomic E-state index is 0.275. The van der Waals surface area contributed by atoms with Crippen LogP contribution in [-0.4, -0.2) is 23.2 Å². The van der Waals surface area contributed by atoms with Gasteiger partial charge in [-0.1, -0.05) is 0 Å². The van der Waals surface area contributed by atoms with Crippen LogP contribution in [0.15, 0.2) is 30.3 Å². The van der Waals surface area contributed by atoms with Crippen LogP contribution in [0.4, 0.5) is 24.7 Å². The predicted octanol–water partition coefficient (Wildman–Crippen LogP) is 3.19. The number of hydrogen-bond acceptors (Lipinski definition) is 5. The van der Waals surface area contributed by atoms with E-state index in [-0.39, 0.29) is 5.75 Å². The lowest BCUT2D eigenvalue weighted by Gasteiger charge is -2.15. The van der Waals surface area contributed by atoms with Crippen molar-refractivity contribution in [3.63, 3.8) is 0 Å². The Hall–Kier alpha value is -2.35. The van der Waals surface area contributed by atoms with Crippen LogP contribution in [-0.2, 0) is 17.8 Å². The number of nitrogens with zero attached hydrogens (tertiary/aromatic N) is 2. The first-order chi connectivity index (χ1) is 10.5. The summed E-state index contributed by atoms with van der Waals surface area (Å²) < 4.78 is 45.4. The zero-order valence-electron chi connectivity index (χ0n) is 11.4. The van der Waals surface area contributed by atoms with Crippen molar-refractivity contribution in [2.75, 3.05) is 11.9 Å². The second-order valence-electron chi connectivity index (χ2n) is 4.70. The summed E-state index contributed by atoms with van der Waals surface area (Å²) in [4.78, 5) is 0. The van der Waals surface area contributed by atoms with Crippen LogP contribution < -0.4 is 10.1 Å². The summed E-state index contributed by atoms with van der Waals surface area (Å²) in [5.74, 6) is 0.233. The van der Waals surface area contributed by atoms with Crippen LogP contribution >= 0.6 is 0 Å². The largest absolute Gasteiger partial charge is 0.573 e. The maximum Gasteiger partial charge on any atom is 0.573 e. The Morgan fingerprint density at radius 2 is 1.91 bits per heavy atom. The molecule has 0 bridgehead atoms. The minimum atomic E-state index is -4.70. The van der Waals surface area contributed by atoms with E-state index in [1.165, 1.54) is 24.3 Å². The van der Waals surface area contributed by atoms with Crippen LogP contribution in [0.5, 0.6) is 5.75 Å². The van der Waals surface area contributed by atoms with Crippen molar-refractivity contribution in [2.24, 2.45) is 0 Å². The smallest absolute Gasteiger partial charge is 0.406 e. The highest BCUT2D eigenvalue weighted by atomic mass is 19.4. The minimum Gasteiger partial charge on any atom is -0.406 e. The lowest BCUT2D eigenvalue weighted by Crippen LogP contribution is -2.17. The lowest BCUT2D eigenvalue weighted by molar-refractivity contribution is -0.274. The molecule has 116 valence electrons. The van der Waals surface area contributed by atoms with Crippen molar-refractivity contribution in [3.05, 3.63) is 41.6 Å². The molecule has 0 saturated heterocycles. The van der Waals surface area contributed by atoms with E-state index in [0.717, 1.165) is 17.7 Å². The number of aromatic nitrogens is 2. The fourth-order valence-electron chi connectivity index (χ4n) is 2.09. The first-order valence-corrected chi connectivity index (χ1v) is 6.56. The van der Waals surface area contributed by atoms with E-state index in [1.54, 1.807) is 0 Å². The predicted molar refractivity (Wildman–Crippen MR) is 71.8 cm³/mol. The standard InChI is InChI=1S/C14H12F3N3O2/c15-14(16,17)22-11-3-1-10(2-4-11)18-13-7-9-8-21-6-5-12(9)19-20-13/h1-4,7H,5-6,8H2,(H,18,20). The number of fused-ring (bicyclic) bond motifs is 1. The van der Waals surface area contributed by atoms with Gasteiger partial charge in [-0.25, -0.2) is 0 Å². The van der Waals surface area contributed by atoms with E-state index in [2.05, 4.69) is 20.3 Å². The fraction of sp³-hybridized carbons (Fsp3) is 0.286. The summed E-state index contributed by atoms with van der Waals surface area (Å²) in [5, 5.41) is 11.1. The average molecular weight is 311 g/mol. The Balaban J connectivity index is 1.70. The van der Waals surface area contributed by atoms with Gasteiger partial charge in [0.15, 0.2) is 5.82 Å². The summed E-state index contributed by atoms with van der Waals surface area (Å²) in [6.45, 7) is 1.12. The molecule has 0 atom stereocenters. The van der Waals surface area contributed by atoms with E-state index in [1.807, 2.05) is 6.07 Å². The lowest BCUT2D eigenvalue weighted by atomic mass is 10.1. The maximum atomic E-state index is 12.1. The van der Waals surface area contributed by atoms with Gasteiger partial charge in [-0.3, -0.25) is 0 Å². The number of hydrogen-bond donors (Lipinski definition) is 1. The van der Waals surface area contributed by atoms with Gasteiger partial charge in [0.1, 0.15) is 5.75 Å². The zero-order chi connectivity index (χ0) is 15.6. The highest BCUT2D eigenvalue weighted by molar-refractivity contribution is 5.57. The molecule has 2 aromatic rings. The van der Waals surface area contributed by atoms with Crippen LogP contribution in [0.2, 0.25) is 0 Å². The molecule has 0 radical (unpaired) electrons. The average Bonchev–Trinajstić information content (AvgIpc) is 2.48. The quantitative estimate of drug-likeness (QED) is 0.943. The van der Waals surface area contributed by atoms with Crippen molar-refractivity contribution >= 4 is 11.5 Å². The maximum absolute atomic E-state index is 12.1. The number of nitrogens with one attached hydrogen (secondary N) is 1. The summed E-state index contributed by atoms with van der Waals surface area (Å²) in [6.07, 6.45) is -3.97. The molecule has 1 aromatic carbocycles. The van der Waals surface area contributed by atoms with Crippen molar-refractivity contribution in [1.29, 1.82) is 0 Å². The first-order valence-electron chi connectivity index (χ1n) is 6.56. The summed E-state index contributed by atoms with van der Waals surface area (Å²) in [6, 6.07) is 7.22. The second kappa shape index (κ2) is 5.80. The normalized spacial score (nSPS) is 14.3. The molecule has 0 unspecified atom stereocenters. The molecule has 0 aliphatic carbocycles. The van der Waals surface area contributed by atoms with Crippen LogP contribution in [0.25, 0.3) is 0 Å². The third-order valence-corrected chi connectivity index (χ3v) is 3.06. The monoisotopic (exact) mass is 311 g/mol. The van der Waals surface area contributed by atoms with Gasteiger partial charge < -0.3 is 14.8 Å². The molecular weight excluding hydrogens is 299 g/mol. The van der Waals surface area contributed by atoms with Crippen LogP contribution in [0, 0.1) is 0 Å². The van der Waals surface area contributed by atoms with Gasteiger partial charge in [0.2, 0.25) is 0 Å². The molecule has 0 spiro atoms. The van der Waals surface area contributed by atoms with Crippen LogP contribution in [0.3, 0.4) is 0 Å². The second-order valence-corrected chi connectivity index (χ2v) is 4.70. The summed E-state index contributed by atoms with van der Waals surface area (Å²) >= 11 is 0. The van der Waals surface area contributed by atoms with Crippen molar-refractivity contribution < 1.29 is 22.6 Å². The molecule has 1 aliphatic heterocycles. The molecule has 1 N–H and O–H groups in total. The van der Waals surface area contributed by atoms with E-state index >= 15 is 0 Å². The fourth-order valence-corrected chi connectivity index (χ4v) is 2.09. The zero-order valence-corrected chi connectivity index (χ0v) is 11.4. The van der Waals surface area contributed by atoms with Crippen molar-refractivity contribution in [3.8, 4) is 5.75 Å². The van der Waals surface area contributed by atoms with E-state index in [4.69, 9.17) is 4.74 Å². The number of anilines is 2. The molecule has 8 heteroatoms. The molecule has 5 nitrogen and oxygen atoms in total. The Morgan fingerprint density at radius 1 is 1.14 bits per heavy atom. The molecule has 2 heterocycles. The molecule has 3 rings (SSSR count). The van der Waals surface area contributed by atoms with E-state index in [0.29, 0.717) is 24.7 Å². The molecule has 0 fully saturated rings.